The highest BCUT2D eigenvalue weighted by Gasteiger charge is 2.26. The number of phosphoric acid groups is 1. The van der Waals surface area contributed by atoms with Crippen LogP contribution < -0.4 is 5.73 Å². The third kappa shape index (κ3) is 49.4. The van der Waals surface area contributed by atoms with E-state index in [0.717, 1.165) is 96.3 Å². The molecule has 0 spiro atoms. The zero-order valence-corrected chi connectivity index (χ0v) is 41.3. The molecule has 0 radical (unpaired) electrons. The summed E-state index contributed by atoms with van der Waals surface area (Å²) < 4.78 is 32.8. The first-order valence-corrected chi connectivity index (χ1v) is 26.2. The molecule has 65 heavy (non-hydrogen) atoms. The molecule has 9 nitrogen and oxygen atoms in total. The molecule has 0 fully saturated rings. The first-order valence-electron chi connectivity index (χ1n) is 24.7. The fraction of sp³-hybridized carbons (Fsp3) is 0.564. The Morgan fingerprint density at radius 2 is 0.815 bits per heavy atom. The SMILES string of the molecule is CC/C=C\C/C=C\C/C=C\C/C=C\C/C=C\C/C=C\C/C=C\CCCC(=O)OC(COC(=O)CCCCCCCCCC/C=C\C/C=C\C/C=C\C/C=C\CC)COP(=O)(O)OCCN. The second kappa shape index (κ2) is 49.6. The number of unbranched alkanes of at least 4 members (excludes halogenated alkanes) is 9. The van der Waals surface area contributed by atoms with Gasteiger partial charge < -0.3 is 20.1 Å². The van der Waals surface area contributed by atoms with E-state index in [1.54, 1.807) is 0 Å². The van der Waals surface area contributed by atoms with Crippen LogP contribution >= 0.6 is 7.82 Å². The van der Waals surface area contributed by atoms with Gasteiger partial charge in [0.05, 0.1) is 13.2 Å². The Kier molecular flexibility index (Phi) is 46.6. The van der Waals surface area contributed by atoms with Crippen LogP contribution in [0.15, 0.2) is 134 Å². The molecule has 0 aliphatic heterocycles. The highest BCUT2D eigenvalue weighted by atomic mass is 31.2. The quantitative estimate of drug-likeness (QED) is 0.0265. The fourth-order valence-electron chi connectivity index (χ4n) is 5.97. The maximum atomic E-state index is 12.6. The van der Waals surface area contributed by atoms with Crippen molar-refractivity contribution in [3.8, 4) is 0 Å². The van der Waals surface area contributed by atoms with Gasteiger partial charge >= 0.3 is 19.8 Å². The second-order valence-corrected chi connectivity index (χ2v) is 17.0. The van der Waals surface area contributed by atoms with Gasteiger partial charge in [-0.2, -0.15) is 0 Å². The van der Waals surface area contributed by atoms with Crippen molar-refractivity contribution in [1.82, 2.24) is 0 Å². The number of hydrogen-bond acceptors (Lipinski definition) is 8. The normalized spacial score (nSPS) is 14.3. The first kappa shape index (κ1) is 61.1. The van der Waals surface area contributed by atoms with Gasteiger partial charge in [-0.1, -0.05) is 186 Å². The van der Waals surface area contributed by atoms with Crippen LogP contribution in [0.25, 0.3) is 0 Å². The summed E-state index contributed by atoms with van der Waals surface area (Å²) in [6.45, 7) is 3.41. The van der Waals surface area contributed by atoms with Gasteiger partial charge in [0.25, 0.3) is 0 Å². The molecule has 0 heterocycles. The molecule has 0 aliphatic rings. The minimum atomic E-state index is -4.41. The van der Waals surface area contributed by atoms with Crippen LogP contribution in [0.4, 0.5) is 0 Å². The lowest BCUT2D eigenvalue weighted by Gasteiger charge is -2.19. The minimum Gasteiger partial charge on any atom is -0.462 e. The number of phosphoric ester groups is 1. The fourth-order valence-corrected chi connectivity index (χ4v) is 6.73. The Hall–Kier alpha value is -3.85. The number of esters is 2. The van der Waals surface area contributed by atoms with Crippen LogP contribution in [0.3, 0.4) is 0 Å². The topological polar surface area (TPSA) is 134 Å². The van der Waals surface area contributed by atoms with Gasteiger partial charge in [0.1, 0.15) is 6.61 Å². The largest absolute Gasteiger partial charge is 0.472 e. The molecule has 0 saturated carbocycles. The Balaban J connectivity index is 4.24. The van der Waals surface area contributed by atoms with E-state index in [2.05, 4.69) is 141 Å². The van der Waals surface area contributed by atoms with Crippen LogP contribution in [0.5, 0.6) is 0 Å². The van der Waals surface area contributed by atoms with Gasteiger partial charge in [0, 0.05) is 19.4 Å². The van der Waals surface area contributed by atoms with Crippen molar-refractivity contribution in [3.05, 3.63) is 134 Å². The van der Waals surface area contributed by atoms with E-state index in [9.17, 15) is 19.0 Å². The van der Waals surface area contributed by atoms with E-state index in [0.29, 0.717) is 19.3 Å². The molecule has 0 bridgehead atoms. The van der Waals surface area contributed by atoms with Crippen molar-refractivity contribution in [3.63, 3.8) is 0 Å². The molecule has 0 aromatic rings. The number of hydrogen-bond donors (Lipinski definition) is 2. The molecular weight excluding hydrogens is 834 g/mol. The molecule has 0 rings (SSSR count). The summed E-state index contributed by atoms with van der Waals surface area (Å²) in [6.07, 6.45) is 69.2. The Morgan fingerprint density at radius 3 is 1.23 bits per heavy atom. The van der Waals surface area contributed by atoms with Gasteiger partial charge in [-0.3, -0.25) is 18.6 Å². The third-order valence-corrected chi connectivity index (χ3v) is 10.5. The molecule has 0 amide bonds. The van der Waals surface area contributed by atoms with Crippen molar-refractivity contribution in [2.75, 3.05) is 26.4 Å². The smallest absolute Gasteiger partial charge is 0.462 e. The lowest BCUT2D eigenvalue weighted by atomic mass is 10.1. The zero-order valence-electron chi connectivity index (χ0n) is 40.4. The number of carbonyl (C=O) groups is 2. The number of nitrogens with two attached hydrogens (primary N) is 1. The molecule has 0 aliphatic carbocycles. The number of rotatable bonds is 44. The Bertz CT molecular complexity index is 1520. The minimum absolute atomic E-state index is 0.0347. The summed E-state index contributed by atoms with van der Waals surface area (Å²) in [4.78, 5) is 35.0. The number of carbonyl (C=O) groups excluding carboxylic acids is 2. The summed E-state index contributed by atoms with van der Waals surface area (Å²) in [5.41, 5.74) is 5.36. The van der Waals surface area contributed by atoms with Crippen LogP contribution in [0.2, 0.25) is 0 Å². The lowest BCUT2D eigenvalue weighted by Crippen LogP contribution is -2.29. The molecule has 10 heteroatoms. The summed E-state index contributed by atoms with van der Waals surface area (Å²) in [5.74, 6) is -0.920. The van der Waals surface area contributed by atoms with Gasteiger partial charge in [0.2, 0.25) is 0 Å². The molecule has 0 saturated heterocycles. The van der Waals surface area contributed by atoms with Crippen LogP contribution in [-0.4, -0.2) is 49.3 Å². The highest BCUT2D eigenvalue weighted by molar-refractivity contribution is 7.47. The van der Waals surface area contributed by atoms with Crippen LogP contribution in [0.1, 0.15) is 168 Å². The van der Waals surface area contributed by atoms with E-state index in [1.165, 1.54) is 25.7 Å². The van der Waals surface area contributed by atoms with E-state index in [-0.39, 0.29) is 32.6 Å². The zero-order chi connectivity index (χ0) is 47.4. The van der Waals surface area contributed by atoms with Gasteiger partial charge in [-0.05, 0) is 103 Å². The summed E-state index contributed by atoms with van der Waals surface area (Å²) in [6, 6.07) is 0. The highest BCUT2D eigenvalue weighted by Crippen LogP contribution is 2.43. The average molecular weight is 922 g/mol. The lowest BCUT2D eigenvalue weighted by molar-refractivity contribution is -0.161. The first-order chi connectivity index (χ1) is 31.8. The van der Waals surface area contributed by atoms with Crippen molar-refractivity contribution in [2.45, 2.75) is 174 Å². The maximum Gasteiger partial charge on any atom is 0.472 e. The summed E-state index contributed by atoms with van der Waals surface area (Å²) in [7, 11) is -4.41. The average Bonchev–Trinajstić information content (AvgIpc) is 3.30. The predicted octanol–water partition coefficient (Wildman–Crippen LogP) is 15.1. The standard InChI is InChI=1S/C55H88NO8P/c1-3-5-7-9-11-13-15-17-19-21-23-25-26-28-30-32-34-36-38-40-42-44-46-48-55(58)64-53(52-63-65(59,60)62-50-49-56)51-61-54(57)47-45-43-41-39-37-35-33-31-29-27-24-22-20-18-16-14-12-10-8-6-4-2/h5-8,11-14,17-20,23-25,27-28,30,34,36,40,42,53H,3-4,9-10,15-16,21-22,26,29,31-33,35,37-39,41,43-52,56H2,1-2H3,(H,59,60)/b7-5-,8-6-,13-11-,14-12-,19-17-,20-18-,25-23-,27-24-,30-28-,36-34-,42-40-. The number of ether oxygens (including phenoxy) is 2. The van der Waals surface area contributed by atoms with Gasteiger partial charge in [-0.15, -0.1) is 0 Å². The summed E-state index contributed by atoms with van der Waals surface area (Å²) in [5, 5.41) is 0. The molecule has 2 atom stereocenters. The molecule has 3 N–H and O–H groups in total. The van der Waals surface area contributed by atoms with Crippen LogP contribution in [0, 0.1) is 0 Å². The number of allylic oxidation sites excluding steroid dienone is 22. The molecule has 2 unspecified atom stereocenters. The Morgan fingerprint density at radius 1 is 0.462 bits per heavy atom. The summed E-state index contributed by atoms with van der Waals surface area (Å²) >= 11 is 0. The molecule has 366 valence electrons. The van der Waals surface area contributed by atoms with Gasteiger partial charge in [0.15, 0.2) is 6.10 Å². The maximum absolute atomic E-state index is 12.6. The van der Waals surface area contributed by atoms with E-state index < -0.39 is 32.5 Å². The van der Waals surface area contributed by atoms with Crippen LogP contribution in [-0.2, 0) is 32.7 Å². The molecular formula is C55H88NO8P. The van der Waals surface area contributed by atoms with Crippen molar-refractivity contribution >= 4 is 19.8 Å². The van der Waals surface area contributed by atoms with Crippen molar-refractivity contribution in [2.24, 2.45) is 5.73 Å². The van der Waals surface area contributed by atoms with E-state index >= 15 is 0 Å². The predicted molar refractivity (Wildman–Crippen MR) is 274 cm³/mol. The monoisotopic (exact) mass is 922 g/mol. The Labute approximate surface area is 395 Å². The van der Waals surface area contributed by atoms with Crippen molar-refractivity contribution in [1.29, 1.82) is 0 Å². The third-order valence-electron chi connectivity index (χ3n) is 9.53. The van der Waals surface area contributed by atoms with Crippen molar-refractivity contribution < 1.29 is 37.6 Å². The van der Waals surface area contributed by atoms with E-state index in [1.807, 2.05) is 6.08 Å². The second-order valence-electron chi connectivity index (χ2n) is 15.6. The molecule has 0 aromatic carbocycles. The molecule has 0 aromatic heterocycles. The van der Waals surface area contributed by atoms with Gasteiger partial charge in [-0.25, -0.2) is 4.57 Å². The van der Waals surface area contributed by atoms with E-state index in [4.69, 9.17) is 24.3 Å².